The van der Waals surface area contributed by atoms with Gasteiger partial charge in [-0.15, -0.1) is 0 Å². The van der Waals surface area contributed by atoms with Crippen LogP contribution in [0.15, 0.2) is 78.0 Å². The zero-order valence-corrected chi connectivity index (χ0v) is 16.0. The molecule has 0 saturated carbocycles. The van der Waals surface area contributed by atoms with Gasteiger partial charge in [0.05, 0.1) is 16.3 Å². The molecule has 0 aliphatic heterocycles. The molecule has 0 atom stereocenters. The SMILES string of the molecule is C=O.CC.Cc1ccc(S(=O)(=O)Nc2ccccc2-n2cccc2)cc1.[HH]. The van der Waals surface area contributed by atoms with E-state index in [1.165, 1.54) is 0 Å². The van der Waals surface area contributed by atoms with Gasteiger partial charge in [0.25, 0.3) is 10.0 Å². The number of hydrogen-bond donors (Lipinski definition) is 1. The monoisotopic (exact) mass is 374 g/mol. The maximum atomic E-state index is 12.5. The minimum atomic E-state index is -3.61. The normalized spacial score (nSPS) is 9.96. The highest BCUT2D eigenvalue weighted by molar-refractivity contribution is 7.92. The zero-order valence-electron chi connectivity index (χ0n) is 15.2. The smallest absolute Gasteiger partial charge is 0.261 e. The highest BCUT2D eigenvalue weighted by Gasteiger charge is 2.16. The number of carbonyl (C=O) groups is 1. The van der Waals surface area contributed by atoms with Crippen molar-refractivity contribution in [2.45, 2.75) is 25.7 Å². The molecular weight excluding hydrogens is 348 g/mol. The van der Waals surface area contributed by atoms with Gasteiger partial charge in [0.2, 0.25) is 0 Å². The maximum absolute atomic E-state index is 12.5. The molecule has 0 amide bonds. The second-order valence-corrected chi connectivity index (χ2v) is 6.71. The second-order valence-electron chi connectivity index (χ2n) is 5.03. The minimum Gasteiger partial charge on any atom is -0.322 e. The first-order chi connectivity index (χ1) is 12.6. The fourth-order valence-electron chi connectivity index (χ4n) is 2.20. The summed E-state index contributed by atoms with van der Waals surface area (Å²) in [5.41, 5.74) is 2.34. The van der Waals surface area contributed by atoms with Crippen LogP contribution in [0.3, 0.4) is 0 Å². The molecule has 0 aliphatic rings. The van der Waals surface area contributed by atoms with E-state index in [1.807, 2.05) is 68.8 Å². The van der Waals surface area contributed by atoms with Gasteiger partial charge in [-0.2, -0.15) is 0 Å². The van der Waals surface area contributed by atoms with E-state index in [0.717, 1.165) is 11.3 Å². The number of aromatic nitrogens is 1. The summed E-state index contributed by atoms with van der Waals surface area (Å²) in [5.74, 6) is 0. The van der Waals surface area contributed by atoms with Crippen LogP contribution >= 0.6 is 0 Å². The molecule has 0 aliphatic carbocycles. The van der Waals surface area contributed by atoms with Gasteiger partial charge in [-0.05, 0) is 43.3 Å². The molecule has 3 rings (SSSR count). The van der Waals surface area contributed by atoms with Crippen molar-refractivity contribution < 1.29 is 14.6 Å². The Kier molecular flexibility index (Phi) is 8.31. The number of sulfonamides is 1. The van der Waals surface area contributed by atoms with E-state index in [9.17, 15) is 8.42 Å². The summed E-state index contributed by atoms with van der Waals surface area (Å²) in [6.07, 6.45) is 3.75. The third-order valence-corrected chi connectivity index (χ3v) is 4.74. The molecule has 0 radical (unpaired) electrons. The number of hydrogen-bond acceptors (Lipinski definition) is 3. The lowest BCUT2D eigenvalue weighted by molar-refractivity contribution is -0.0979. The van der Waals surface area contributed by atoms with Gasteiger partial charge in [0.15, 0.2) is 0 Å². The van der Waals surface area contributed by atoms with Gasteiger partial charge < -0.3 is 9.36 Å². The fraction of sp³-hybridized carbons (Fsp3) is 0.150. The van der Waals surface area contributed by atoms with Gasteiger partial charge in [0, 0.05) is 13.8 Å². The van der Waals surface area contributed by atoms with E-state index < -0.39 is 10.0 Å². The Labute approximate surface area is 156 Å². The molecular formula is C20H26N2O3S. The summed E-state index contributed by atoms with van der Waals surface area (Å²) in [4.78, 5) is 8.25. The zero-order chi connectivity index (χ0) is 19.6. The molecule has 0 saturated heterocycles. The Morgan fingerprint density at radius 1 is 0.885 bits per heavy atom. The van der Waals surface area contributed by atoms with E-state index in [2.05, 4.69) is 4.72 Å². The number of nitrogens with zero attached hydrogens (tertiary/aromatic N) is 1. The summed E-state index contributed by atoms with van der Waals surface area (Å²) < 4.78 is 29.6. The van der Waals surface area contributed by atoms with E-state index in [4.69, 9.17) is 4.79 Å². The molecule has 1 N–H and O–H groups in total. The Morgan fingerprint density at radius 3 is 2.00 bits per heavy atom. The Hall–Kier alpha value is -2.86. The molecule has 2 aromatic carbocycles. The molecule has 0 bridgehead atoms. The number of carbonyl (C=O) groups excluding carboxylic acids is 1. The first kappa shape index (κ1) is 21.2. The van der Waals surface area contributed by atoms with Crippen LogP contribution < -0.4 is 4.72 Å². The predicted molar refractivity (Wildman–Crippen MR) is 108 cm³/mol. The van der Waals surface area contributed by atoms with Crippen molar-refractivity contribution in [1.29, 1.82) is 0 Å². The number of rotatable bonds is 4. The van der Waals surface area contributed by atoms with Crippen molar-refractivity contribution in [2.75, 3.05) is 4.72 Å². The molecule has 0 fully saturated rings. The third kappa shape index (κ3) is 5.32. The Morgan fingerprint density at radius 2 is 1.42 bits per heavy atom. The lowest BCUT2D eigenvalue weighted by Crippen LogP contribution is -2.14. The van der Waals surface area contributed by atoms with E-state index in [1.54, 1.807) is 36.4 Å². The molecule has 140 valence electrons. The van der Waals surface area contributed by atoms with Crippen LogP contribution in [0.2, 0.25) is 0 Å². The van der Waals surface area contributed by atoms with Crippen LogP contribution in [0.4, 0.5) is 5.69 Å². The number of anilines is 1. The van der Waals surface area contributed by atoms with Crippen LogP contribution in [0, 0.1) is 6.92 Å². The second kappa shape index (κ2) is 10.2. The van der Waals surface area contributed by atoms with Crippen molar-refractivity contribution in [2.24, 2.45) is 0 Å². The Bertz CT molecular complexity index is 893. The molecule has 0 unspecified atom stereocenters. The molecule has 3 aromatic rings. The molecule has 0 spiro atoms. The van der Waals surface area contributed by atoms with Crippen molar-refractivity contribution in [3.05, 3.63) is 78.6 Å². The van der Waals surface area contributed by atoms with Crippen LogP contribution in [-0.2, 0) is 14.8 Å². The minimum absolute atomic E-state index is 0. The number of aryl methyl sites for hydroxylation is 1. The van der Waals surface area contributed by atoms with Crippen molar-refractivity contribution in [1.82, 2.24) is 4.57 Å². The number of para-hydroxylation sites is 2. The average Bonchev–Trinajstić information content (AvgIpc) is 3.20. The molecule has 5 nitrogen and oxygen atoms in total. The van der Waals surface area contributed by atoms with Crippen LogP contribution in [0.5, 0.6) is 0 Å². The largest absolute Gasteiger partial charge is 0.322 e. The standard InChI is InChI=1S/C17H16N2O2S.C2H6.CH2O.H2/c1-14-8-10-15(11-9-14)22(20,21)18-16-6-2-3-7-17(16)19-12-4-5-13-19;2*1-2;/h2-13,18H,1H3;1-2H3;1H2;1H. The van der Waals surface area contributed by atoms with Gasteiger partial charge in [-0.3, -0.25) is 4.72 Å². The lowest BCUT2D eigenvalue weighted by atomic mass is 10.2. The summed E-state index contributed by atoms with van der Waals surface area (Å²) in [7, 11) is -3.61. The van der Waals surface area contributed by atoms with Crippen LogP contribution in [0.25, 0.3) is 5.69 Å². The van der Waals surface area contributed by atoms with E-state index >= 15 is 0 Å². The molecule has 1 heterocycles. The molecule has 26 heavy (non-hydrogen) atoms. The first-order valence-corrected chi connectivity index (χ1v) is 9.65. The Balaban J connectivity index is 0.00000127. The van der Waals surface area contributed by atoms with Crippen molar-refractivity contribution in [3.8, 4) is 5.69 Å². The topological polar surface area (TPSA) is 68.2 Å². The molecule has 1 aromatic heterocycles. The van der Waals surface area contributed by atoms with Crippen molar-refractivity contribution in [3.63, 3.8) is 0 Å². The summed E-state index contributed by atoms with van der Waals surface area (Å²) in [6.45, 7) is 7.92. The maximum Gasteiger partial charge on any atom is 0.261 e. The summed E-state index contributed by atoms with van der Waals surface area (Å²) >= 11 is 0. The summed E-state index contributed by atoms with van der Waals surface area (Å²) in [5, 5.41) is 0. The average molecular weight is 375 g/mol. The highest BCUT2D eigenvalue weighted by Crippen LogP contribution is 2.23. The highest BCUT2D eigenvalue weighted by atomic mass is 32.2. The van der Waals surface area contributed by atoms with Gasteiger partial charge in [0.1, 0.15) is 6.79 Å². The van der Waals surface area contributed by atoms with Gasteiger partial charge in [-0.25, -0.2) is 8.42 Å². The fourth-order valence-corrected chi connectivity index (χ4v) is 3.28. The van der Waals surface area contributed by atoms with E-state index in [0.29, 0.717) is 5.69 Å². The van der Waals surface area contributed by atoms with Gasteiger partial charge in [-0.1, -0.05) is 43.7 Å². The van der Waals surface area contributed by atoms with E-state index in [-0.39, 0.29) is 6.32 Å². The van der Waals surface area contributed by atoms with Crippen LogP contribution in [0.1, 0.15) is 20.8 Å². The van der Waals surface area contributed by atoms with Crippen molar-refractivity contribution >= 4 is 22.5 Å². The lowest BCUT2D eigenvalue weighted by Gasteiger charge is -2.13. The molecule has 6 heteroatoms. The number of benzene rings is 2. The first-order valence-electron chi connectivity index (χ1n) is 8.17. The summed E-state index contributed by atoms with van der Waals surface area (Å²) in [6, 6.07) is 17.9. The quantitative estimate of drug-likeness (QED) is 0.721. The predicted octanol–water partition coefficient (Wildman–Crippen LogP) is 4.67. The van der Waals surface area contributed by atoms with Gasteiger partial charge >= 0.3 is 0 Å². The van der Waals surface area contributed by atoms with Crippen LogP contribution in [-0.4, -0.2) is 19.8 Å². The third-order valence-electron chi connectivity index (χ3n) is 3.36. The number of nitrogens with one attached hydrogen (secondary N) is 1.